The van der Waals surface area contributed by atoms with E-state index in [2.05, 4.69) is 86.9 Å². The standard InChI is InChI=1S/C24H33N5.HI/c1-19-16-23(19)27-24(25-2)26-17-20-8-6-7-9-21(20)18-28-12-14-29(15-13-28)22-10-4-3-5-11-22;/h3-11,19,23H,12-18H2,1-2H3,(H2,25,26,27);1H. The van der Waals surface area contributed by atoms with Gasteiger partial charge in [-0.25, -0.2) is 0 Å². The molecule has 30 heavy (non-hydrogen) atoms. The summed E-state index contributed by atoms with van der Waals surface area (Å²) in [5, 5.41) is 7.00. The molecule has 2 fully saturated rings. The van der Waals surface area contributed by atoms with E-state index in [0.717, 1.165) is 51.1 Å². The van der Waals surface area contributed by atoms with Crippen molar-refractivity contribution < 1.29 is 0 Å². The number of benzene rings is 2. The summed E-state index contributed by atoms with van der Waals surface area (Å²) in [4.78, 5) is 9.43. The Balaban J connectivity index is 0.00000256. The number of guanidine groups is 1. The lowest BCUT2D eigenvalue weighted by Crippen LogP contribution is -2.46. The number of hydrogen-bond acceptors (Lipinski definition) is 3. The van der Waals surface area contributed by atoms with Gasteiger partial charge in [-0.1, -0.05) is 49.4 Å². The number of para-hydroxylation sites is 1. The van der Waals surface area contributed by atoms with Crippen LogP contribution in [0.1, 0.15) is 24.5 Å². The van der Waals surface area contributed by atoms with Crippen LogP contribution in [0, 0.1) is 5.92 Å². The van der Waals surface area contributed by atoms with Crippen LogP contribution in [-0.2, 0) is 13.1 Å². The number of rotatable bonds is 6. The molecule has 0 bridgehead atoms. The molecule has 2 unspecified atom stereocenters. The van der Waals surface area contributed by atoms with Crippen LogP contribution in [0.25, 0.3) is 0 Å². The minimum absolute atomic E-state index is 0. The van der Waals surface area contributed by atoms with Gasteiger partial charge in [0.05, 0.1) is 0 Å². The molecule has 6 heteroatoms. The first kappa shape index (κ1) is 22.9. The third-order valence-corrected chi connectivity index (χ3v) is 6.11. The summed E-state index contributed by atoms with van der Waals surface area (Å²) < 4.78 is 0. The zero-order valence-electron chi connectivity index (χ0n) is 18.1. The lowest BCUT2D eigenvalue weighted by molar-refractivity contribution is 0.249. The van der Waals surface area contributed by atoms with E-state index >= 15 is 0 Å². The van der Waals surface area contributed by atoms with Crippen molar-refractivity contribution in [3.8, 4) is 0 Å². The third kappa shape index (κ3) is 6.11. The molecule has 0 aromatic heterocycles. The van der Waals surface area contributed by atoms with Gasteiger partial charge in [0.15, 0.2) is 5.96 Å². The number of nitrogens with zero attached hydrogens (tertiary/aromatic N) is 3. The topological polar surface area (TPSA) is 42.9 Å². The lowest BCUT2D eigenvalue weighted by atomic mass is 10.1. The fraction of sp³-hybridized carbons (Fsp3) is 0.458. The Morgan fingerprint density at radius 1 is 0.967 bits per heavy atom. The average Bonchev–Trinajstić information content (AvgIpc) is 3.47. The van der Waals surface area contributed by atoms with Crippen LogP contribution >= 0.6 is 24.0 Å². The molecule has 1 saturated carbocycles. The maximum atomic E-state index is 4.38. The molecule has 0 radical (unpaired) electrons. The Morgan fingerprint density at radius 3 is 2.23 bits per heavy atom. The first-order valence-electron chi connectivity index (χ1n) is 10.8. The van der Waals surface area contributed by atoms with Crippen LogP contribution in [0.4, 0.5) is 5.69 Å². The molecular formula is C24H34IN5. The smallest absolute Gasteiger partial charge is 0.191 e. The molecule has 162 valence electrons. The van der Waals surface area contributed by atoms with Gasteiger partial charge in [-0.05, 0) is 35.6 Å². The van der Waals surface area contributed by atoms with Gasteiger partial charge >= 0.3 is 0 Å². The van der Waals surface area contributed by atoms with Gasteiger partial charge in [0.2, 0.25) is 0 Å². The Bertz CT molecular complexity index is 817. The molecule has 4 rings (SSSR count). The minimum atomic E-state index is 0. The van der Waals surface area contributed by atoms with Crippen LogP contribution in [0.2, 0.25) is 0 Å². The number of piperazine rings is 1. The highest BCUT2D eigenvalue weighted by Crippen LogP contribution is 2.28. The molecule has 2 N–H and O–H groups in total. The molecule has 0 amide bonds. The monoisotopic (exact) mass is 519 g/mol. The maximum absolute atomic E-state index is 4.38. The van der Waals surface area contributed by atoms with E-state index < -0.39 is 0 Å². The van der Waals surface area contributed by atoms with Gasteiger partial charge < -0.3 is 15.5 Å². The molecule has 2 aromatic rings. The largest absolute Gasteiger partial charge is 0.369 e. The van der Waals surface area contributed by atoms with Gasteiger partial charge in [-0.15, -0.1) is 24.0 Å². The molecule has 1 heterocycles. The van der Waals surface area contributed by atoms with E-state index in [1.807, 2.05) is 7.05 Å². The summed E-state index contributed by atoms with van der Waals surface area (Å²) in [5.74, 6) is 1.67. The Kier molecular flexibility index (Phi) is 8.39. The third-order valence-electron chi connectivity index (χ3n) is 6.11. The van der Waals surface area contributed by atoms with E-state index in [9.17, 15) is 0 Å². The lowest BCUT2D eigenvalue weighted by Gasteiger charge is -2.36. The predicted octanol–water partition coefficient (Wildman–Crippen LogP) is 3.70. The Morgan fingerprint density at radius 2 is 1.60 bits per heavy atom. The van der Waals surface area contributed by atoms with E-state index in [1.165, 1.54) is 23.2 Å². The summed E-state index contributed by atoms with van der Waals surface area (Å²) in [6, 6.07) is 20.1. The van der Waals surface area contributed by atoms with E-state index in [4.69, 9.17) is 0 Å². The summed E-state index contributed by atoms with van der Waals surface area (Å²) >= 11 is 0. The zero-order chi connectivity index (χ0) is 20.1. The van der Waals surface area contributed by atoms with Crippen LogP contribution in [0.15, 0.2) is 59.6 Å². The second kappa shape index (κ2) is 11.0. The van der Waals surface area contributed by atoms with Gasteiger partial charge in [-0.3, -0.25) is 9.89 Å². The van der Waals surface area contributed by atoms with Crippen molar-refractivity contribution in [1.82, 2.24) is 15.5 Å². The quantitative estimate of drug-likeness (QED) is 0.347. The summed E-state index contributed by atoms with van der Waals surface area (Å²) in [6.07, 6.45) is 1.24. The SMILES string of the molecule is CN=C(NCc1ccccc1CN1CCN(c2ccccc2)CC1)NC1CC1C.I. The molecule has 1 aliphatic carbocycles. The highest BCUT2D eigenvalue weighted by atomic mass is 127. The van der Waals surface area contributed by atoms with E-state index in [0.29, 0.717) is 6.04 Å². The second-order valence-electron chi connectivity index (χ2n) is 8.26. The first-order valence-corrected chi connectivity index (χ1v) is 10.8. The molecule has 2 atom stereocenters. The van der Waals surface area contributed by atoms with Crippen LogP contribution in [0.5, 0.6) is 0 Å². The summed E-state index contributed by atoms with van der Waals surface area (Å²) in [7, 11) is 1.85. The number of halogens is 1. The van der Waals surface area contributed by atoms with E-state index in [-0.39, 0.29) is 24.0 Å². The molecule has 1 aliphatic heterocycles. The molecule has 0 spiro atoms. The summed E-state index contributed by atoms with van der Waals surface area (Å²) in [5.41, 5.74) is 4.09. The first-order chi connectivity index (χ1) is 14.2. The van der Waals surface area contributed by atoms with Crippen molar-refractivity contribution in [2.75, 3.05) is 38.1 Å². The van der Waals surface area contributed by atoms with Crippen molar-refractivity contribution in [3.63, 3.8) is 0 Å². The highest BCUT2D eigenvalue weighted by Gasteiger charge is 2.33. The molecular weight excluding hydrogens is 485 g/mol. The van der Waals surface area contributed by atoms with Crippen LogP contribution in [0.3, 0.4) is 0 Å². The van der Waals surface area contributed by atoms with Crippen LogP contribution in [-0.4, -0.2) is 50.1 Å². The van der Waals surface area contributed by atoms with Gasteiger partial charge in [0, 0.05) is 58.0 Å². The van der Waals surface area contributed by atoms with Crippen molar-refractivity contribution in [3.05, 3.63) is 65.7 Å². The molecule has 2 aromatic carbocycles. The highest BCUT2D eigenvalue weighted by molar-refractivity contribution is 14.0. The maximum Gasteiger partial charge on any atom is 0.191 e. The van der Waals surface area contributed by atoms with Crippen molar-refractivity contribution in [2.24, 2.45) is 10.9 Å². The van der Waals surface area contributed by atoms with Gasteiger partial charge in [-0.2, -0.15) is 0 Å². The van der Waals surface area contributed by atoms with Crippen LogP contribution < -0.4 is 15.5 Å². The molecule has 5 nitrogen and oxygen atoms in total. The number of hydrogen-bond donors (Lipinski definition) is 2. The second-order valence-corrected chi connectivity index (χ2v) is 8.26. The fourth-order valence-corrected chi connectivity index (χ4v) is 4.00. The molecule has 1 saturated heterocycles. The van der Waals surface area contributed by atoms with Crippen molar-refractivity contribution >= 4 is 35.6 Å². The number of anilines is 1. The predicted molar refractivity (Wildman–Crippen MR) is 137 cm³/mol. The summed E-state index contributed by atoms with van der Waals surface area (Å²) in [6.45, 7) is 8.45. The average molecular weight is 519 g/mol. The molecule has 2 aliphatic rings. The van der Waals surface area contributed by atoms with Crippen molar-refractivity contribution in [2.45, 2.75) is 32.5 Å². The fourth-order valence-electron chi connectivity index (χ4n) is 4.00. The van der Waals surface area contributed by atoms with E-state index in [1.54, 1.807) is 0 Å². The Labute approximate surface area is 198 Å². The number of aliphatic imine (C=N–C) groups is 1. The van der Waals surface area contributed by atoms with Crippen molar-refractivity contribution in [1.29, 1.82) is 0 Å². The zero-order valence-corrected chi connectivity index (χ0v) is 20.4. The number of nitrogens with one attached hydrogen (secondary N) is 2. The normalized spacial score (nSPS) is 21.7. The van der Waals surface area contributed by atoms with Gasteiger partial charge in [0.25, 0.3) is 0 Å². The Hall–Kier alpha value is -1.80. The van der Waals surface area contributed by atoms with Gasteiger partial charge in [0.1, 0.15) is 0 Å². The minimum Gasteiger partial charge on any atom is -0.369 e.